The van der Waals surface area contributed by atoms with Crippen molar-refractivity contribution in [1.82, 2.24) is 0 Å². The fourth-order valence-corrected chi connectivity index (χ4v) is 0.916. The maximum absolute atomic E-state index is 13.1. The molecular formula is C9H4ClF2NO. The van der Waals surface area contributed by atoms with Crippen LogP contribution in [0.25, 0.3) is 0 Å². The highest BCUT2D eigenvalue weighted by Crippen LogP contribution is 2.20. The highest BCUT2D eigenvalue weighted by Gasteiger charge is 2.09. The molecule has 0 heterocycles. The number of carbonyl (C=O) groups excluding carboxylic acids is 1. The highest BCUT2D eigenvalue weighted by atomic mass is 35.5. The van der Waals surface area contributed by atoms with Crippen molar-refractivity contribution >= 4 is 17.5 Å². The van der Waals surface area contributed by atoms with Gasteiger partial charge in [0.2, 0.25) is 0 Å². The Hall–Kier alpha value is -1.60. The number of amides is 1. The Bertz CT molecular complexity index is 448. The summed E-state index contributed by atoms with van der Waals surface area (Å²) in [5, 5.41) is -0.652. The molecule has 72 valence electrons. The minimum atomic E-state index is -1.000. The summed E-state index contributed by atoms with van der Waals surface area (Å²) in [6.45, 7) is 0. The molecule has 1 aromatic carbocycles. The lowest BCUT2D eigenvalue weighted by Crippen LogP contribution is -2.06. The molecule has 1 rings (SSSR count). The van der Waals surface area contributed by atoms with Gasteiger partial charge in [-0.1, -0.05) is 17.5 Å². The molecule has 0 radical (unpaired) electrons. The Morgan fingerprint density at radius 1 is 1.43 bits per heavy atom. The SMILES string of the molecule is NC(=O)C#Cc1ccc(F)c(Cl)c1F. The molecule has 5 heteroatoms. The van der Waals surface area contributed by atoms with Gasteiger partial charge in [-0.3, -0.25) is 4.79 Å². The van der Waals surface area contributed by atoms with Gasteiger partial charge in [0.25, 0.3) is 5.91 Å². The van der Waals surface area contributed by atoms with E-state index in [1.807, 2.05) is 5.92 Å². The number of nitrogens with two attached hydrogens (primary N) is 1. The molecule has 0 saturated carbocycles. The smallest absolute Gasteiger partial charge is 0.293 e. The van der Waals surface area contributed by atoms with Gasteiger partial charge in [-0.2, -0.15) is 0 Å². The monoisotopic (exact) mass is 215 g/mol. The molecule has 0 saturated heterocycles. The standard InChI is InChI=1S/C9H4ClF2NO/c10-8-6(11)3-1-5(9(8)12)2-4-7(13)14/h1,3H,(H2,13,14). The first-order chi connectivity index (χ1) is 6.52. The third-order valence-corrected chi connectivity index (χ3v) is 1.70. The van der Waals surface area contributed by atoms with Crippen LogP contribution in [0.2, 0.25) is 5.02 Å². The van der Waals surface area contributed by atoms with Crippen molar-refractivity contribution < 1.29 is 13.6 Å². The lowest BCUT2D eigenvalue weighted by atomic mass is 10.2. The second-order valence-corrected chi connectivity index (χ2v) is 2.72. The van der Waals surface area contributed by atoms with Crippen molar-refractivity contribution in [3.63, 3.8) is 0 Å². The minimum absolute atomic E-state index is 0.171. The van der Waals surface area contributed by atoms with E-state index in [1.165, 1.54) is 0 Å². The van der Waals surface area contributed by atoms with Gasteiger partial charge in [0.15, 0.2) is 5.82 Å². The number of rotatable bonds is 0. The predicted octanol–water partition coefficient (Wildman–Crippen LogP) is 1.46. The molecule has 0 unspecified atom stereocenters. The van der Waals surface area contributed by atoms with Crippen LogP contribution in [-0.2, 0) is 4.79 Å². The van der Waals surface area contributed by atoms with Gasteiger partial charge in [-0.05, 0) is 12.1 Å². The van der Waals surface area contributed by atoms with E-state index in [1.54, 1.807) is 0 Å². The quantitative estimate of drug-likeness (QED) is 0.517. The first-order valence-electron chi connectivity index (χ1n) is 3.47. The third-order valence-electron chi connectivity index (χ3n) is 1.36. The van der Waals surface area contributed by atoms with E-state index in [9.17, 15) is 13.6 Å². The largest absolute Gasteiger partial charge is 0.359 e. The number of primary amides is 1. The van der Waals surface area contributed by atoms with Gasteiger partial charge in [0, 0.05) is 5.92 Å². The molecule has 0 aromatic heterocycles. The molecule has 2 nitrogen and oxygen atoms in total. The van der Waals surface area contributed by atoms with Crippen LogP contribution in [0.4, 0.5) is 8.78 Å². The lowest BCUT2D eigenvalue weighted by Gasteiger charge is -1.97. The molecule has 0 aliphatic rings. The summed E-state index contributed by atoms with van der Waals surface area (Å²) < 4.78 is 25.7. The van der Waals surface area contributed by atoms with Gasteiger partial charge in [0.1, 0.15) is 10.8 Å². The fourth-order valence-electron chi connectivity index (χ4n) is 0.751. The van der Waals surface area contributed by atoms with Crippen LogP contribution in [0.15, 0.2) is 12.1 Å². The van der Waals surface area contributed by atoms with Crippen molar-refractivity contribution in [1.29, 1.82) is 0 Å². The average Bonchev–Trinajstić information content (AvgIpc) is 2.13. The molecular weight excluding hydrogens is 212 g/mol. The van der Waals surface area contributed by atoms with Gasteiger partial charge in [0.05, 0.1) is 5.56 Å². The Morgan fingerprint density at radius 3 is 2.64 bits per heavy atom. The molecule has 14 heavy (non-hydrogen) atoms. The molecule has 0 spiro atoms. The number of carbonyl (C=O) groups is 1. The van der Waals surface area contributed by atoms with Gasteiger partial charge in [-0.15, -0.1) is 0 Å². The first kappa shape index (κ1) is 10.5. The summed E-state index contributed by atoms with van der Waals surface area (Å²) in [4.78, 5) is 10.3. The summed E-state index contributed by atoms with van der Waals surface area (Å²) in [5.74, 6) is 1.27. The van der Waals surface area contributed by atoms with Crippen LogP contribution in [0.3, 0.4) is 0 Å². The zero-order valence-corrected chi connectivity index (χ0v) is 7.53. The van der Waals surface area contributed by atoms with E-state index >= 15 is 0 Å². The number of halogens is 3. The zero-order chi connectivity index (χ0) is 10.7. The molecule has 1 amide bonds. The van der Waals surface area contributed by atoms with Crippen LogP contribution < -0.4 is 5.73 Å². The van der Waals surface area contributed by atoms with Crippen molar-refractivity contribution in [3.05, 3.63) is 34.4 Å². The summed E-state index contributed by atoms with van der Waals surface area (Å²) in [6.07, 6.45) is 0. The Balaban J connectivity index is 3.20. The fraction of sp³-hybridized carbons (Fsp3) is 0. The second-order valence-electron chi connectivity index (χ2n) is 2.34. The lowest BCUT2D eigenvalue weighted by molar-refractivity contribution is -0.112. The van der Waals surface area contributed by atoms with Crippen molar-refractivity contribution in [2.45, 2.75) is 0 Å². The average molecular weight is 216 g/mol. The van der Waals surface area contributed by atoms with E-state index < -0.39 is 22.6 Å². The number of benzene rings is 1. The maximum atomic E-state index is 13.1. The normalized spacial score (nSPS) is 9.07. The van der Waals surface area contributed by atoms with E-state index in [0.717, 1.165) is 12.1 Å². The first-order valence-corrected chi connectivity index (χ1v) is 3.85. The van der Waals surface area contributed by atoms with Crippen molar-refractivity contribution in [2.24, 2.45) is 5.73 Å². The molecule has 0 aliphatic heterocycles. The van der Waals surface area contributed by atoms with E-state index in [0.29, 0.717) is 0 Å². The summed E-state index contributed by atoms with van der Waals surface area (Å²) >= 11 is 5.26. The maximum Gasteiger partial charge on any atom is 0.293 e. The Labute approximate surface area is 83.7 Å². The summed E-state index contributed by atoms with van der Waals surface area (Å²) in [7, 11) is 0. The van der Waals surface area contributed by atoms with Crippen LogP contribution >= 0.6 is 11.6 Å². The third kappa shape index (κ3) is 2.21. The summed E-state index contributed by atoms with van der Waals surface area (Å²) in [6, 6.07) is 2.03. The van der Waals surface area contributed by atoms with Crippen LogP contribution in [0.1, 0.15) is 5.56 Å². The number of hydrogen-bond acceptors (Lipinski definition) is 1. The van der Waals surface area contributed by atoms with Crippen LogP contribution in [0.5, 0.6) is 0 Å². The Morgan fingerprint density at radius 2 is 2.07 bits per heavy atom. The van der Waals surface area contributed by atoms with E-state index in [-0.39, 0.29) is 5.56 Å². The summed E-state index contributed by atoms with van der Waals surface area (Å²) in [5.41, 5.74) is 4.55. The molecule has 2 N–H and O–H groups in total. The Kier molecular flexibility index (Phi) is 3.05. The second kappa shape index (κ2) is 4.07. The molecule has 0 aliphatic carbocycles. The van der Waals surface area contributed by atoms with Crippen LogP contribution in [-0.4, -0.2) is 5.91 Å². The van der Waals surface area contributed by atoms with Crippen molar-refractivity contribution in [2.75, 3.05) is 0 Å². The van der Waals surface area contributed by atoms with E-state index in [4.69, 9.17) is 17.3 Å². The predicted molar refractivity (Wildman–Crippen MR) is 47.4 cm³/mol. The molecule has 1 aromatic rings. The molecule has 0 bridgehead atoms. The van der Waals surface area contributed by atoms with Gasteiger partial charge in [-0.25, -0.2) is 8.78 Å². The van der Waals surface area contributed by atoms with Crippen molar-refractivity contribution in [3.8, 4) is 11.8 Å². The molecule has 0 atom stereocenters. The van der Waals surface area contributed by atoms with Crippen LogP contribution in [0, 0.1) is 23.5 Å². The number of hydrogen-bond donors (Lipinski definition) is 1. The molecule has 0 fully saturated rings. The minimum Gasteiger partial charge on any atom is -0.359 e. The van der Waals surface area contributed by atoms with E-state index in [2.05, 4.69) is 5.92 Å². The topological polar surface area (TPSA) is 43.1 Å². The highest BCUT2D eigenvalue weighted by molar-refractivity contribution is 6.31. The zero-order valence-electron chi connectivity index (χ0n) is 6.77. The van der Waals surface area contributed by atoms with Gasteiger partial charge < -0.3 is 5.73 Å². The van der Waals surface area contributed by atoms with Gasteiger partial charge >= 0.3 is 0 Å².